The predicted octanol–water partition coefficient (Wildman–Crippen LogP) is 6.58. The summed E-state index contributed by atoms with van der Waals surface area (Å²) in [7, 11) is 0. The second-order valence-corrected chi connectivity index (χ2v) is 9.91. The van der Waals surface area contributed by atoms with Crippen LogP contribution in [0.15, 0.2) is 61.1 Å². The maximum atomic E-state index is 14.9. The molecule has 3 heterocycles. The standard InChI is InChI=1S/C28H26ClFN6O/c1-15(20-12-18(5-7-22(20)30)23-9-10-33-36-23)35-26-21-11-17(6-8-24(21)34-16(2)25(26)29)19-13-31-27(32-14-19)28(3,4)37/h5-15,37H,1-4H3,(H,33,36)(H,34,35). The molecule has 1 unspecified atom stereocenters. The Morgan fingerprint density at radius 1 is 1.03 bits per heavy atom. The second kappa shape index (κ2) is 9.53. The molecule has 9 heteroatoms. The Kier molecular flexibility index (Phi) is 6.39. The molecule has 3 N–H and O–H groups in total. The van der Waals surface area contributed by atoms with Crippen LogP contribution in [0.3, 0.4) is 0 Å². The highest BCUT2D eigenvalue weighted by Crippen LogP contribution is 2.37. The number of H-pyrrole nitrogens is 1. The third-order valence-corrected chi connectivity index (χ3v) is 6.71. The van der Waals surface area contributed by atoms with E-state index >= 15 is 0 Å². The first-order valence-electron chi connectivity index (χ1n) is 11.8. The van der Waals surface area contributed by atoms with Gasteiger partial charge in [0.2, 0.25) is 0 Å². The smallest absolute Gasteiger partial charge is 0.159 e. The lowest BCUT2D eigenvalue weighted by Gasteiger charge is -2.21. The van der Waals surface area contributed by atoms with Gasteiger partial charge in [0.1, 0.15) is 11.4 Å². The molecule has 0 spiro atoms. The molecule has 0 aliphatic carbocycles. The zero-order valence-corrected chi connectivity index (χ0v) is 21.6. The lowest BCUT2D eigenvalue weighted by molar-refractivity contribution is 0.0687. The summed E-state index contributed by atoms with van der Waals surface area (Å²) in [5.41, 5.74) is 4.63. The number of aromatic amines is 1. The van der Waals surface area contributed by atoms with Crippen LogP contribution in [0.2, 0.25) is 5.02 Å². The van der Waals surface area contributed by atoms with E-state index in [-0.39, 0.29) is 5.82 Å². The summed E-state index contributed by atoms with van der Waals surface area (Å²) in [5, 5.41) is 21.8. The van der Waals surface area contributed by atoms with E-state index in [1.165, 1.54) is 6.07 Å². The van der Waals surface area contributed by atoms with Gasteiger partial charge < -0.3 is 10.4 Å². The fourth-order valence-electron chi connectivity index (χ4n) is 4.23. The number of aromatic nitrogens is 5. The van der Waals surface area contributed by atoms with Gasteiger partial charge in [-0.2, -0.15) is 5.10 Å². The number of nitrogens with one attached hydrogen (secondary N) is 2. The van der Waals surface area contributed by atoms with Gasteiger partial charge in [0, 0.05) is 40.7 Å². The monoisotopic (exact) mass is 516 g/mol. The number of anilines is 1. The molecule has 1 atom stereocenters. The molecule has 2 aromatic carbocycles. The molecule has 0 radical (unpaired) electrons. The molecule has 3 aromatic heterocycles. The number of nitrogens with zero attached hydrogens (tertiary/aromatic N) is 4. The lowest BCUT2D eigenvalue weighted by Crippen LogP contribution is -2.19. The minimum atomic E-state index is -1.13. The molecular formula is C28H26ClFN6O. The summed E-state index contributed by atoms with van der Waals surface area (Å²) in [6.45, 7) is 7.01. The molecule has 188 valence electrons. The van der Waals surface area contributed by atoms with Crippen LogP contribution in [0.25, 0.3) is 33.3 Å². The van der Waals surface area contributed by atoms with E-state index in [4.69, 9.17) is 11.6 Å². The number of fused-ring (bicyclic) bond motifs is 1. The van der Waals surface area contributed by atoms with Crippen molar-refractivity contribution in [1.82, 2.24) is 25.1 Å². The molecule has 0 aliphatic heterocycles. The Morgan fingerprint density at radius 3 is 2.43 bits per heavy atom. The fraction of sp³-hybridized carbons (Fsp3) is 0.214. The Morgan fingerprint density at radius 2 is 1.76 bits per heavy atom. The summed E-state index contributed by atoms with van der Waals surface area (Å²) >= 11 is 6.74. The van der Waals surface area contributed by atoms with Gasteiger partial charge in [-0.25, -0.2) is 14.4 Å². The Hall–Kier alpha value is -3.88. The molecule has 7 nitrogen and oxygen atoms in total. The van der Waals surface area contributed by atoms with E-state index in [2.05, 4.69) is 30.5 Å². The molecule has 0 saturated heterocycles. The third kappa shape index (κ3) is 4.90. The summed E-state index contributed by atoms with van der Waals surface area (Å²) in [6, 6.07) is 12.2. The number of benzene rings is 2. The summed E-state index contributed by atoms with van der Waals surface area (Å²) in [5.74, 6) is 0.0166. The van der Waals surface area contributed by atoms with Crippen LogP contribution in [-0.4, -0.2) is 30.3 Å². The second-order valence-electron chi connectivity index (χ2n) is 9.53. The minimum absolute atomic E-state index is 0.324. The van der Waals surface area contributed by atoms with Gasteiger partial charge in [-0.15, -0.1) is 0 Å². The normalized spacial score (nSPS) is 12.6. The highest BCUT2D eigenvalue weighted by Gasteiger charge is 2.20. The first-order chi connectivity index (χ1) is 17.6. The van der Waals surface area contributed by atoms with Crippen LogP contribution < -0.4 is 5.32 Å². The number of aliphatic hydroxyl groups is 1. The maximum Gasteiger partial charge on any atom is 0.159 e. The van der Waals surface area contributed by atoms with Gasteiger partial charge in [-0.05, 0) is 69.7 Å². The highest BCUT2D eigenvalue weighted by molar-refractivity contribution is 6.35. The van der Waals surface area contributed by atoms with E-state index in [1.807, 2.05) is 38.1 Å². The van der Waals surface area contributed by atoms with Gasteiger partial charge in [0.05, 0.1) is 33.7 Å². The van der Waals surface area contributed by atoms with E-state index in [1.54, 1.807) is 44.6 Å². The number of pyridine rings is 1. The average molecular weight is 517 g/mol. The number of halogens is 2. The van der Waals surface area contributed by atoms with Crippen molar-refractivity contribution in [2.24, 2.45) is 0 Å². The molecule has 0 aliphatic rings. The van der Waals surface area contributed by atoms with Crippen LogP contribution >= 0.6 is 11.6 Å². The van der Waals surface area contributed by atoms with Crippen molar-refractivity contribution in [2.75, 3.05) is 5.32 Å². The summed E-state index contributed by atoms with van der Waals surface area (Å²) in [6.07, 6.45) is 5.08. The van der Waals surface area contributed by atoms with Crippen LogP contribution in [0, 0.1) is 12.7 Å². The van der Waals surface area contributed by atoms with Crippen molar-refractivity contribution in [3.8, 4) is 22.4 Å². The van der Waals surface area contributed by atoms with Gasteiger partial charge in [-0.3, -0.25) is 10.1 Å². The molecule has 0 saturated carbocycles. The third-order valence-electron chi connectivity index (χ3n) is 6.24. The van der Waals surface area contributed by atoms with Crippen LogP contribution in [0.1, 0.15) is 43.9 Å². The molecule has 0 fully saturated rings. The zero-order chi connectivity index (χ0) is 26.3. The topological polar surface area (TPSA) is 99.6 Å². The van der Waals surface area contributed by atoms with Gasteiger partial charge in [-0.1, -0.05) is 17.7 Å². The predicted molar refractivity (Wildman–Crippen MR) is 144 cm³/mol. The first-order valence-corrected chi connectivity index (χ1v) is 12.2. The van der Waals surface area contributed by atoms with E-state index in [0.29, 0.717) is 27.8 Å². The van der Waals surface area contributed by atoms with Gasteiger partial charge in [0.25, 0.3) is 0 Å². The number of rotatable bonds is 6. The Labute approximate surface area is 218 Å². The van der Waals surface area contributed by atoms with E-state index in [9.17, 15) is 9.50 Å². The fourth-order valence-corrected chi connectivity index (χ4v) is 4.43. The van der Waals surface area contributed by atoms with Crippen molar-refractivity contribution in [1.29, 1.82) is 0 Å². The lowest BCUT2D eigenvalue weighted by atomic mass is 10.0. The van der Waals surface area contributed by atoms with Crippen molar-refractivity contribution >= 4 is 28.2 Å². The number of hydrogen-bond donors (Lipinski definition) is 3. The number of hydrogen-bond acceptors (Lipinski definition) is 6. The largest absolute Gasteiger partial charge is 0.382 e. The summed E-state index contributed by atoms with van der Waals surface area (Å²) in [4.78, 5) is 13.3. The number of aryl methyl sites for hydroxylation is 1. The maximum absolute atomic E-state index is 14.9. The van der Waals surface area contributed by atoms with Gasteiger partial charge in [0.15, 0.2) is 5.82 Å². The van der Waals surface area contributed by atoms with E-state index < -0.39 is 11.6 Å². The first kappa shape index (κ1) is 24.8. The quantitative estimate of drug-likeness (QED) is 0.235. The molecule has 0 amide bonds. The van der Waals surface area contributed by atoms with Crippen LogP contribution in [0.4, 0.5) is 10.1 Å². The molecule has 0 bridgehead atoms. The minimum Gasteiger partial charge on any atom is -0.382 e. The average Bonchev–Trinajstić information content (AvgIpc) is 3.41. The molecule has 37 heavy (non-hydrogen) atoms. The van der Waals surface area contributed by atoms with E-state index in [0.717, 1.165) is 33.3 Å². The molecule has 5 aromatic rings. The van der Waals surface area contributed by atoms with Crippen molar-refractivity contribution in [3.63, 3.8) is 0 Å². The van der Waals surface area contributed by atoms with Crippen molar-refractivity contribution < 1.29 is 9.50 Å². The molecular weight excluding hydrogens is 491 g/mol. The zero-order valence-electron chi connectivity index (χ0n) is 20.8. The Bertz CT molecular complexity index is 1580. The SMILES string of the molecule is Cc1nc2ccc(-c3cnc(C(C)(C)O)nc3)cc2c(NC(C)c2cc(-c3cc[nH]n3)ccc2F)c1Cl. The molecule has 5 rings (SSSR count). The van der Waals surface area contributed by atoms with Crippen LogP contribution in [0.5, 0.6) is 0 Å². The van der Waals surface area contributed by atoms with Gasteiger partial charge >= 0.3 is 0 Å². The van der Waals surface area contributed by atoms with Crippen molar-refractivity contribution in [3.05, 3.63) is 89.0 Å². The highest BCUT2D eigenvalue weighted by atomic mass is 35.5. The summed E-state index contributed by atoms with van der Waals surface area (Å²) < 4.78 is 14.9. The van der Waals surface area contributed by atoms with Crippen LogP contribution in [-0.2, 0) is 5.60 Å². The van der Waals surface area contributed by atoms with Crippen molar-refractivity contribution in [2.45, 2.75) is 39.3 Å². The Balaban J connectivity index is 1.55.